The standard InChI is InChI=1S/C12H25N3/c1-8-15(11(6)7)12(13-9(2)3)14-10(4)5/h9,11H,8H2,1-7H3. The lowest BCUT2D eigenvalue weighted by Crippen LogP contribution is -2.36. The van der Waals surface area contributed by atoms with Crippen molar-refractivity contribution in [1.82, 2.24) is 4.90 Å². The molecule has 3 heteroatoms. The van der Waals surface area contributed by atoms with E-state index in [2.05, 4.69) is 49.5 Å². The van der Waals surface area contributed by atoms with E-state index in [4.69, 9.17) is 0 Å². The van der Waals surface area contributed by atoms with Crippen LogP contribution in [-0.2, 0) is 0 Å². The lowest BCUT2D eigenvalue weighted by molar-refractivity contribution is 0.361. The molecule has 0 saturated carbocycles. The van der Waals surface area contributed by atoms with Crippen molar-refractivity contribution in [2.24, 2.45) is 9.98 Å². The molecule has 15 heavy (non-hydrogen) atoms. The smallest absolute Gasteiger partial charge is 0.221 e. The van der Waals surface area contributed by atoms with E-state index in [-0.39, 0.29) is 6.04 Å². The highest BCUT2D eigenvalue weighted by Crippen LogP contribution is 2.04. The minimum absolute atomic E-state index is 0.288. The maximum Gasteiger partial charge on any atom is 0.221 e. The number of hydrogen-bond donors (Lipinski definition) is 0. The van der Waals surface area contributed by atoms with Gasteiger partial charge in [0.1, 0.15) is 0 Å². The molecule has 0 bridgehead atoms. The van der Waals surface area contributed by atoms with E-state index in [1.54, 1.807) is 0 Å². The van der Waals surface area contributed by atoms with Crippen LogP contribution in [0.15, 0.2) is 9.98 Å². The van der Waals surface area contributed by atoms with Gasteiger partial charge in [-0.05, 0) is 48.5 Å². The molecule has 0 amide bonds. The first-order chi connectivity index (χ1) is 6.88. The lowest BCUT2D eigenvalue weighted by Gasteiger charge is -2.26. The van der Waals surface area contributed by atoms with E-state index >= 15 is 0 Å². The summed E-state index contributed by atoms with van der Waals surface area (Å²) in [7, 11) is 0. The minimum Gasteiger partial charge on any atom is -0.339 e. The largest absolute Gasteiger partial charge is 0.339 e. The van der Waals surface area contributed by atoms with Crippen LogP contribution >= 0.6 is 0 Å². The molecule has 0 aromatic rings. The Labute approximate surface area is 94.3 Å². The van der Waals surface area contributed by atoms with Gasteiger partial charge in [-0.25, -0.2) is 9.98 Å². The summed E-state index contributed by atoms with van der Waals surface area (Å²) in [6, 6.07) is 0.728. The molecule has 0 aromatic carbocycles. The molecule has 0 radical (unpaired) electrons. The van der Waals surface area contributed by atoms with Gasteiger partial charge in [0.25, 0.3) is 0 Å². The first kappa shape index (κ1) is 14.1. The van der Waals surface area contributed by atoms with Crippen LogP contribution in [0.3, 0.4) is 0 Å². The zero-order valence-electron chi connectivity index (χ0n) is 11.2. The zero-order chi connectivity index (χ0) is 12.0. The van der Waals surface area contributed by atoms with Gasteiger partial charge in [0, 0.05) is 24.3 Å². The molecule has 0 heterocycles. The summed E-state index contributed by atoms with van der Waals surface area (Å²) in [5.41, 5.74) is 1.05. The maximum atomic E-state index is 4.56. The highest BCUT2D eigenvalue weighted by molar-refractivity contribution is 5.94. The molecular weight excluding hydrogens is 186 g/mol. The third kappa shape index (κ3) is 5.55. The van der Waals surface area contributed by atoms with Crippen molar-refractivity contribution in [3.8, 4) is 0 Å². The van der Waals surface area contributed by atoms with Crippen LogP contribution in [0.2, 0.25) is 0 Å². The monoisotopic (exact) mass is 211 g/mol. The van der Waals surface area contributed by atoms with E-state index in [9.17, 15) is 0 Å². The lowest BCUT2D eigenvalue weighted by atomic mass is 10.3. The van der Waals surface area contributed by atoms with Gasteiger partial charge in [0.05, 0.1) is 0 Å². The van der Waals surface area contributed by atoms with Crippen LogP contribution in [0.5, 0.6) is 0 Å². The highest BCUT2D eigenvalue weighted by atomic mass is 15.3. The van der Waals surface area contributed by atoms with Gasteiger partial charge >= 0.3 is 0 Å². The molecule has 0 aliphatic rings. The Balaban J connectivity index is 5.00. The predicted octanol–water partition coefficient (Wildman–Crippen LogP) is 2.96. The summed E-state index contributed by atoms with van der Waals surface area (Å²) in [6.45, 7) is 15.6. The molecule has 0 aromatic heterocycles. The average Bonchev–Trinajstić information content (AvgIpc) is 2.01. The summed E-state index contributed by atoms with van der Waals surface area (Å²) in [4.78, 5) is 11.3. The molecular formula is C12H25N3. The molecule has 3 nitrogen and oxygen atoms in total. The Morgan fingerprint density at radius 2 is 1.67 bits per heavy atom. The van der Waals surface area contributed by atoms with Crippen molar-refractivity contribution in [2.45, 2.75) is 60.5 Å². The average molecular weight is 211 g/mol. The maximum absolute atomic E-state index is 4.56. The minimum atomic E-state index is 0.288. The molecule has 88 valence electrons. The molecule has 0 saturated heterocycles. The van der Waals surface area contributed by atoms with Crippen molar-refractivity contribution >= 4 is 11.7 Å². The van der Waals surface area contributed by atoms with Crippen LogP contribution in [-0.4, -0.2) is 35.2 Å². The summed E-state index contributed by atoms with van der Waals surface area (Å²) in [5.74, 6) is 0.863. The van der Waals surface area contributed by atoms with Crippen LogP contribution in [0, 0.1) is 0 Å². The third-order valence-corrected chi connectivity index (χ3v) is 1.92. The first-order valence-electron chi connectivity index (χ1n) is 5.74. The van der Waals surface area contributed by atoms with E-state index in [0.717, 1.165) is 18.2 Å². The highest BCUT2D eigenvalue weighted by Gasteiger charge is 2.12. The van der Waals surface area contributed by atoms with Crippen molar-refractivity contribution in [1.29, 1.82) is 0 Å². The molecule has 0 fully saturated rings. The third-order valence-electron chi connectivity index (χ3n) is 1.92. The molecule has 0 atom stereocenters. The van der Waals surface area contributed by atoms with E-state index in [1.807, 2.05) is 13.8 Å². The van der Waals surface area contributed by atoms with Gasteiger partial charge < -0.3 is 4.90 Å². The molecule has 0 rings (SSSR count). The molecule has 0 aliphatic carbocycles. The van der Waals surface area contributed by atoms with Gasteiger partial charge in [0.2, 0.25) is 5.96 Å². The van der Waals surface area contributed by atoms with Crippen molar-refractivity contribution < 1.29 is 0 Å². The zero-order valence-corrected chi connectivity index (χ0v) is 11.2. The molecule has 0 unspecified atom stereocenters. The Bertz CT molecular complexity index is 235. The van der Waals surface area contributed by atoms with Crippen LogP contribution < -0.4 is 0 Å². The number of nitrogens with zero attached hydrogens (tertiary/aromatic N) is 3. The van der Waals surface area contributed by atoms with Crippen LogP contribution in [0.1, 0.15) is 48.5 Å². The normalized spacial score (nSPS) is 12.2. The number of guanidine groups is 1. The fraction of sp³-hybridized carbons (Fsp3) is 0.833. The quantitative estimate of drug-likeness (QED) is 0.521. The van der Waals surface area contributed by atoms with E-state index in [1.165, 1.54) is 0 Å². The van der Waals surface area contributed by atoms with Crippen LogP contribution in [0.25, 0.3) is 0 Å². The molecule has 0 aliphatic heterocycles. The Kier molecular flexibility index (Phi) is 6.21. The summed E-state index contributed by atoms with van der Waals surface area (Å²) in [5, 5.41) is 0. The van der Waals surface area contributed by atoms with Crippen LogP contribution in [0.4, 0.5) is 0 Å². The first-order valence-corrected chi connectivity index (χ1v) is 5.74. The Hall–Kier alpha value is -0.860. The van der Waals surface area contributed by atoms with Gasteiger partial charge in [-0.3, -0.25) is 0 Å². The van der Waals surface area contributed by atoms with Gasteiger partial charge in [0.15, 0.2) is 0 Å². The van der Waals surface area contributed by atoms with E-state index < -0.39 is 0 Å². The summed E-state index contributed by atoms with van der Waals surface area (Å²) >= 11 is 0. The molecule has 0 spiro atoms. The Morgan fingerprint density at radius 1 is 1.13 bits per heavy atom. The summed E-state index contributed by atoms with van der Waals surface area (Å²) in [6.07, 6.45) is 0. The van der Waals surface area contributed by atoms with Crippen molar-refractivity contribution in [3.05, 3.63) is 0 Å². The van der Waals surface area contributed by atoms with Crippen molar-refractivity contribution in [3.63, 3.8) is 0 Å². The fourth-order valence-corrected chi connectivity index (χ4v) is 1.34. The second-order valence-electron chi connectivity index (χ2n) is 4.46. The van der Waals surface area contributed by atoms with Crippen molar-refractivity contribution in [2.75, 3.05) is 6.54 Å². The second-order valence-corrected chi connectivity index (χ2v) is 4.46. The molecule has 0 N–H and O–H groups in total. The SMILES string of the molecule is CCN(C(N=C(C)C)=NC(C)C)C(C)C. The number of rotatable bonds is 3. The fourth-order valence-electron chi connectivity index (χ4n) is 1.34. The van der Waals surface area contributed by atoms with E-state index in [0.29, 0.717) is 6.04 Å². The number of aliphatic imine (C=N–C) groups is 2. The predicted molar refractivity (Wildman–Crippen MR) is 68.9 cm³/mol. The second kappa shape index (κ2) is 6.59. The topological polar surface area (TPSA) is 28.0 Å². The van der Waals surface area contributed by atoms with Gasteiger partial charge in [-0.2, -0.15) is 0 Å². The summed E-state index contributed by atoms with van der Waals surface area (Å²) < 4.78 is 0. The van der Waals surface area contributed by atoms with Gasteiger partial charge in [-0.15, -0.1) is 0 Å². The van der Waals surface area contributed by atoms with Gasteiger partial charge in [-0.1, -0.05) is 0 Å². The number of hydrogen-bond acceptors (Lipinski definition) is 1. The Morgan fingerprint density at radius 3 is 1.93 bits per heavy atom.